The normalized spacial score (nSPS) is 12.4. The van der Waals surface area contributed by atoms with E-state index in [4.69, 9.17) is 4.74 Å². The summed E-state index contributed by atoms with van der Waals surface area (Å²) < 4.78 is 40.0. The summed E-state index contributed by atoms with van der Waals surface area (Å²) in [5.74, 6) is 0.305. The van der Waals surface area contributed by atoms with Crippen LogP contribution < -0.4 is 34.3 Å². The van der Waals surface area contributed by atoms with Crippen LogP contribution in [0.1, 0.15) is 128 Å². The summed E-state index contributed by atoms with van der Waals surface area (Å²) >= 11 is 0. The minimum Gasteiger partial charge on any atom is -0.748 e. The van der Waals surface area contributed by atoms with Crippen LogP contribution in [-0.4, -0.2) is 24.8 Å². The summed E-state index contributed by atoms with van der Waals surface area (Å²) in [4.78, 5) is 0. The Morgan fingerprint density at radius 2 is 1.26 bits per heavy atom. The van der Waals surface area contributed by atoms with Gasteiger partial charge in [0.2, 0.25) is 0 Å². The first-order valence-electron chi connectivity index (χ1n) is 13.6. The van der Waals surface area contributed by atoms with Gasteiger partial charge in [0.05, 0.1) is 15.9 Å². The second-order valence-corrected chi connectivity index (χ2v) is 11.0. The molecule has 0 heterocycles. The zero-order valence-corrected chi connectivity index (χ0v) is 25.4. The molecule has 1 atom stereocenters. The summed E-state index contributed by atoms with van der Waals surface area (Å²) in [6.45, 7) is 6.36. The quantitative estimate of drug-likeness (QED) is 0.135. The van der Waals surface area contributed by atoms with Crippen molar-refractivity contribution in [1.29, 1.82) is 0 Å². The van der Waals surface area contributed by atoms with Crippen LogP contribution in [0, 0.1) is 0 Å². The molecule has 192 valence electrons. The Hall–Kier alpha value is -0.0700. The zero-order valence-electron chi connectivity index (χ0n) is 22.6. The molecule has 0 aliphatic carbocycles. The molecule has 0 aromatic heterocycles. The van der Waals surface area contributed by atoms with Gasteiger partial charge in [-0.2, -0.15) is 0 Å². The van der Waals surface area contributed by atoms with Gasteiger partial charge in [0.15, 0.2) is 0 Å². The van der Waals surface area contributed by atoms with Gasteiger partial charge in [-0.05, 0) is 49.3 Å². The van der Waals surface area contributed by atoms with Gasteiger partial charge in [-0.15, -0.1) is 0 Å². The maximum atomic E-state index is 11.3. The van der Waals surface area contributed by atoms with E-state index in [9.17, 15) is 13.0 Å². The zero-order chi connectivity index (χ0) is 24.4. The first-order valence-corrected chi connectivity index (χ1v) is 15.2. The maximum Gasteiger partial charge on any atom is 1.00 e. The topological polar surface area (TPSA) is 66.4 Å². The minimum absolute atomic E-state index is 0. The van der Waals surface area contributed by atoms with Crippen molar-refractivity contribution in [2.75, 3.05) is 5.75 Å². The number of benzene rings is 1. The predicted octanol–water partition coefficient (Wildman–Crippen LogP) is 4.98. The summed E-state index contributed by atoms with van der Waals surface area (Å²) in [7, 11) is -4.31. The standard InChI is InChI=1S/C28H50O4S.Na/c1-4-7-9-11-13-15-17-20-25-21-19-23-28(32-26(6-3)24-33(29,30)31)27(25)22-18-16-14-12-10-8-5-2;/h19,21,23,26H,4-18,20,22,24H2,1-3H3,(H,29,30,31);/q;+1/p-1. The van der Waals surface area contributed by atoms with Crippen LogP contribution in [0.5, 0.6) is 5.75 Å². The molecule has 1 aromatic carbocycles. The SMILES string of the molecule is CCCCCCCCCc1cccc(OC(CC)CS(=O)(=O)[O-])c1CCCCCCCCC.[Na+]. The number of hydrogen-bond acceptors (Lipinski definition) is 4. The fraction of sp³-hybridized carbons (Fsp3) is 0.786. The van der Waals surface area contributed by atoms with Gasteiger partial charge >= 0.3 is 29.6 Å². The number of hydrogen-bond donors (Lipinski definition) is 0. The molecule has 0 N–H and O–H groups in total. The molecule has 0 saturated heterocycles. The van der Waals surface area contributed by atoms with Gasteiger partial charge in [-0.3, -0.25) is 0 Å². The van der Waals surface area contributed by atoms with Crippen LogP contribution in [0.4, 0.5) is 0 Å². The molecule has 4 nitrogen and oxygen atoms in total. The van der Waals surface area contributed by atoms with E-state index in [1.807, 2.05) is 19.1 Å². The van der Waals surface area contributed by atoms with Crippen LogP contribution in [-0.2, 0) is 23.0 Å². The number of ether oxygens (including phenoxy) is 1. The van der Waals surface area contributed by atoms with Gasteiger partial charge in [-0.1, -0.05) is 110 Å². The Morgan fingerprint density at radius 1 is 0.765 bits per heavy atom. The second kappa shape index (κ2) is 21.1. The summed E-state index contributed by atoms with van der Waals surface area (Å²) in [6, 6.07) is 6.16. The molecule has 0 fully saturated rings. The van der Waals surface area contributed by atoms with Crippen molar-refractivity contribution in [2.24, 2.45) is 0 Å². The van der Waals surface area contributed by atoms with E-state index in [2.05, 4.69) is 19.9 Å². The molecule has 0 amide bonds. The van der Waals surface area contributed by atoms with E-state index in [0.717, 1.165) is 25.0 Å². The van der Waals surface area contributed by atoms with Crippen molar-refractivity contribution in [3.05, 3.63) is 29.3 Å². The van der Waals surface area contributed by atoms with Gasteiger partial charge < -0.3 is 9.29 Å². The smallest absolute Gasteiger partial charge is 0.748 e. The Kier molecular flexibility index (Phi) is 21.0. The van der Waals surface area contributed by atoms with Gasteiger partial charge in [0, 0.05) is 0 Å². The van der Waals surface area contributed by atoms with Crippen LogP contribution in [0.3, 0.4) is 0 Å². The van der Waals surface area contributed by atoms with Crippen LogP contribution in [0.2, 0.25) is 0 Å². The molecule has 1 rings (SSSR count). The molecule has 0 saturated carbocycles. The molecule has 1 unspecified atom stereocenters. The molecule has 0 radical (unpaired) electrons. The molecular formula is C28H49NaO4S. The third-order valence-corrected chi connectivity index (χ3v) is 7.23. The van der Waals surface area contributed by atoms with Crippen molar-refractivity contribution in [3.63, 3.8) is 0 Å². The molecule has 0 aliphatic rings. The molecular weight excluding hydrogens is 455 g/mol. The molecule has 1 aromatic rings. The summed E-state index contributed by atoms with van der Waals surface area (Å²) in [6.07, 6.45) is 19.7. The van der Waals surface area contributed by atoms with E-state index in [-0.39, 0.29) is 29.6 Å². The van der Waals surface area contributed by atoms with Crippen molar-refractivity contribution in [1.82, 2.24) is 0 Å². The van der Waals surface area contributed by atoms with Crippen molar-refractivity contribution >= 4 is 10.1 Å². The van der Waals surface area contributed by atoms with E-state index in [0.29, 0.717) is 6.42 Å². The number of rotatable bonds is 21. The summed E-state index contributed by atoms with van der Waals surface area (Å²) in [5, 5.41) is 0. The number of aryl methyl sites for hydroxylation is 1. The fourth-order valence-corrected chi connectivity index (χ4v) is 5.17. The average Bonchev–Trinajstić information content (AvgIpc) is 2.77. The molecule has 0 aliphatic heterocycles. The third-order valence-electron chi connectivity index (χ3n) is 6.45. The average molecular weight is 505 g/mol. The van der Waals surface area contributed by atoms with Crippen molar-refractivity contribution in [2.45, 2.75) is 136 Å². The van der Waals surface area contributed by atoms with Crippen LogP contribution in [0.15, 0.2) is 18.2 Å². The van der Waals surface area contributed by atoms with E-state index in [1.54, 1.807) is 0 Å². The Balaban J connectivity index is 0.0000109. The second-order valence-electron chi connectivity index (χ2n) is 9.51. The van der Waals surface area contributed by atoms with Gasteiger partial charge in [0.25, 0.3) is 0 Å². The van der Waals surface area contributed by atoms with E-state index < -0.39 is 22.0 Å². The molecule has 0 bridgehead atoms. The largest absolute Gasteiger partial charge is 1.00 e. The fourth-order valence-electron chi connectivity index (χ4n) is 4.41. The summed E-state index contributed by atoms with van der Waals surface area (Å²) in [5.41, 5.74) is 2.55. The first-order chi connectivity index (χ1) is 15.9. The Bertz CT molecular complexity index is 721. The monoisotopic (exact) mass is 504 g/mol. The number of unbranched alkanes of at least 4 members (excludes halogenated alkanes) is 12. The van der Waals surface area contributed by atoms with Crippen molar-refractivity contribution < 1.29 is 47.3 Å². The minimum atomic E-state index is -4.31. The van der Waals surface area contributed by atoms with Gasteiger partial charge in [-0.25, -0.2) is 8.42 Å². The van der Waals surface area contributed by atoms with E-state index >= 15 is 0 Å². The molecule has 0 spiro atoms. The van der Waals surface area contributed by atoms with Crippen molar-refractivity contribution in [3.8, 4) is 5.75 Å². The van der Waals surface area contributed by atoms with E-state index in [1.165, 1.54) is 94.6 Å². The Morgan fingerprint density at radius 3 is 1.76 bits per heavy atom. The van der Waals surface area contributed by atoms with Crippen LogP contribution >= 0.6 is 0 Å². The predicted molar refractivity (Wildman–Crippen MR) is 139 cm³/mol. The maximum absolute atomic E-state index is 11.3. The first kappa shape index (κ1) is 33.9. The van der Waals surface area contributed by atoms with Crippen LogP contribution in [0.25, 0.3) is 0 Å². The third kappa shape index (κ3) is 16.6. The Labute approximate surface area is 233 Å². The molecule has 34 heavy (non-hydrogen) atoms. The molecule has 6 heteroatoms. The van der Waals surface area contributed by atoms with Gasteiger partial charge in [0.1, 0.15) is 11.9 Å².